The van der Waals surface area contributed by atoms with Crippen molar-refractivity contribution in [3.63, 3.8) is 0 Å². The minimum Gasteiger partial charge on any atom is -0.399 e. The van der Waals surface area contributed by atoms with E-state index in [0.29, 0.717) is 16.9 Å². The number of amides is 1. The molecule has 0 heterocycles. The van der Waals surface area contributed by atoms with Crippen molar-refractivity contribution in [3.05, 3.63) is 23.8 Å². The monoisotopic (exact) mass is 189 g/mol. The zero-order valence-electron chi connectivity index (χ0n) is 7.58. The summed E-state index contributed by atoms with van der Waals surface area (Å²) in [6, 6.07) is 4.73. The Hall–Kier alpha value is -2.15. The summed E-state index contributed by atoms with van der Waals surface area (Å²) < 4.78 is 0. The Bertz CT molecular complexity index is 393. The molecule has 0 saturated carbocycles. The minimum atomic E-state index is -0.312. The van der Waals surface area contributed by atoms with Crippen molar-refractivity contribution < 1.29 is 4.79 Å². The first-order valence-electron chi connectivity index (χ1n) is 4.02. The quantitative estimate of drug-likeness (QED) is 0.459. The first-order valence-corrected chi connectivity index (χ1v) is 4.02. The SMILES string of the molecule is C#CCNC(=O)c1cc(N)ccc1N. The summed E-state index contributed by atoms with van der Waals surface area (Å²) in [7, 11) is 0. The number of rotatable bonds is 2. The van der Waals surface area contributed by atoms with Gasteiger partial charge in [0.2, 0.25) is 0 Å². The third-order valence-electron chi connectivity index (χ3n) is 1.67. The summed E-state index contributed by atoms with van der Waals surface area (Å²) in [5.74, 6) is 1.99. The zero-order chi connectivity index (χ0) is 10.6. The molecule has 4 heteroatoms. The van der Waals surface area contributed by atoms with E-state index in [2.05, 4.69) is 11.2 Å². The van der Waals surface area contributed by atoms with E-state index in [9.17, 15) is 4.79 Å². The maximum absolute atomic E-state index is 11.4. The molecular formula is C10H11N3O. The van der Waals surface area contributed by atoms with Crippen molar-refractivity contribution in [2.45, 2.75) is 0 Å². The van der Waals surface area contributed by atoms with Gasteiger partial charge in [0.15, 0.2) is 0 Å². The van der Waals surface area contributed by atoms with E-state index < -0.39 is 0 Å². The van der Waals surface area contributed by atoms with Crippen molar-refractivity contribution in [3.8, 4) is 12.3 Å². The Morgan fingerprint density at radius 1 is 1.50 bits per heavy atom. The van der Waals surface area contributed by atoms with Crippen LogP contribution in [0.25, 0.3) is 0 Å². The maximum atomic E-state index is 11.4. The molecule has 0 aromatic heterocycles. The minimum absolute atomic E-state index is 0.174. The van der Waals surface area contributed by atoms with E-state index in [-0.39, 0.29) is 12.5 Å². The lowest BCUT2D eigenvalue weighted by molar-refractivity contribution is 0.0959. The molecular weight excluding hydrogens is 178 g/mol. The van der Waals surface area contributed by atoms with Gasteiger partial charge < -0.3 is 16.8 Å². The molecule has 1 rings (SSSR count). The second kappa shape index (κ2) is 4.19. The van der Waals surface area contributed by atoms with E-state index in [1.165, 1.54) is 6.07 Å². The molecule has 0 saturated heterocycles. The van der Waals surface area contributed by atoms with Crippen LogP contribution in [0, 0.1) is 12.3 Å². The van der Waals surface area contributed by atoms with Crippen molar-refractivity contribution in [2.24, 2.45) is 0 Å². The van der Waals surface area contributed by atoms with E-state index in [1.54, 1.807) is 12.1 Å². The molecule has 0 aliphatic rings. The summed E-state index contributed by atoms with van der Waals surface area (Å²) in [6.07, 6.45) is 5.00. The Morgan fingerprint density at radius 2 is 2.21 bits per heavy atom. The van der Waals surface area contributed by atoms with Crippen LogP contribution < -0.4 is 16.8 Å². The van der Waals surface area contributed by atoms with Gasteiger partial charge in [0, 0.05) is 11.4 Å². The highest BCUT2D eigenvalue weighted by Gasteiger charge is 2.08. The Kier molecular flexibility index (Phi) is 2.97. The van der Waals surface area contributed by atoms with Crippen LogP contribution in [0.1, 0.15) is 10.4 Å². The van der Waals surface area contributed by atoms with E-state index >= 15 is 0 Å². The number of nitrogens with one attached hydrogen (secondary N) is 1. The third kappa shape index (κ3) is 2.17. The molecule has 5 N–H and O–H groups in total. The van der Waals surface area contributed by atoms with Gasteiger partial charge in [-0.2, -0.15) is 0 Å². The second-order valence-electron chi connectivity index (χ2n) is 2.73. The molecule has 0 spiro atoms. The highest BCUT2D eigenvalue weighted by atomic mass is 16.1. The molecule has 1 aromatic rings. The van der Waals surface area contributed by atoms with Crippen LogP contribution in [0.5, 0.6) is 0 Å². The van der Waals surface area contributed by atoms with Crippen molar-refractivity contribution in [2.75, 3.05) is 18.0 Å². The summed E-state index contributed by atoms with van der Waals surface area (Å²) in [4.78, 5) is 11.4. The fourth-order valence-electron chi connectivity index (χ4n) is 0.997. The van der Waals surface area contributed by atoms with Gasteiger partial charge >= 0.3 is 0 Å². The number of carbonyl (C=O) groups is 1. The highest BCUT2D eigenvalue weighted by molar-refractivity contribution is 6.00. The Labute approximate surface area is 82.3 Å². The van der Waals surface area contributed by atoms with Gasteiger partial charge in [-0.1, -0.05) is 5.92 Å². The van der Waals surface area contributed by atoms with Crippen LogP contribution in [0.3, 0.4) is 0 Å². The average molecular weight is 189 g/mol. The predicted octanol–water partition coefficient (Wildman–Crippen LogP) is 0.214. The number of hydrogen-bond acceptors (Lipinski definition) is 3. The van der Waals surface area contributed by atoms with E-state index in [4.69, 9.17) is 17.9 Å². The number of anilines is 2. The first-order chi connectivity index (χ1) is 6.65. The lowest BCUT2D eigenvalue weighted by atomic mass is 10.1. The number of carbonyl (C=O) groups excluding carboxylic acids is 1. The molecule has 0 aliphatic carbocycles. The Morgan fingerprint density at radius 3 is 2.86 bits per heavy atom. The number of nitrogen functional groups attached to an aromatic ring is 2. The van der Waals surface area contributed by atoms with Crippen LogP contribution in [0.15, 0.2) is 18.2 Å². The molecule has 0 bridgehead atoms. The maximum Gasteiger partial charge on any atom is 0.254 e. The van der Waals surface area contributed by atoms with E-state index in [0.717, 1.165) is 0 Å². The summed E-state index contributed by atoms with van der Waals surface area (Å²) in [5.41, 5.74) is 12.3. The summed E-state index contributed by atoms with van der Waals surface area (Å²) in [6.45, 7) is 0.174. The molecule has 4 nitrogen and oxygen atoms in total. The van der Waals surface area contributed by atoms with Gasteiger partial charge in [-0.3, -0.25) is 4.79 Å². The molecule has 0 aliphatic heterocycles. The number of terminal acetylenes is 1. The first kappa shape index (κ1) is 9.93. The smallest absolute Gasteiger partial charge is 0.254 e. The molecule has 14 heavy (non-hydrogen) atoms. The predicted molar refractivity (Wildman–Crippen MR) is 56.4 cm³/mol. The molecule has 0 radical (unpaired) electrons. The number of benzene rings is 1. The molecule has 1 aromatic carbocycles. The van der Waals surface area contributed by atoms with Crippen LogP contribution >= 0.6 is 0 Å². The molecule has 72 valence electrons. The molecule has 0 unspecified atom stereocenters. The van der Waals surface area contributed by atoms with Crippen LogP contribution in [-0.4, -0.2) is 12.5 Å². The van der Waals surface area contributed by atoms with Crippen LogP contribution in [-0.2, 0) is 0 Å². The second-order valence-corrected chi connectivity index (χ2v) is 2.73. The standard InChI is InChI=1S/C10H11N3O/c1-2-5-13-10(14)8-6-7(11)3-4-9(8)12/h1,3-4,6H,5,11-12H2,(H,13,14). The highest BCUT2D eigenvalue weighted by Crippen LogP contribution is 2.14. The fraction of sp³-hybridized carbons (Fsp3) is 0.100. The molecule has 1 amide bonds. The molecule has 0 fully saturated rings. The van der Waals surface area contributed by atoms with Gasteiger partial charge in [-0.15, -0.1) is 6.42 Å². The Balaban J connectivity index is 2.90. The van der Waals surface area contributed by atoms with Gasteiger partial charge in [0.25, 0.3) is 5.91 Å². The average Bonchev–Trinajstić information content (AvgIpc) is 2.18. The van der Waals surface area contributed by atoms with E-state index in [1.807, 2.05) is 0 Å². The van der Waals surface area contributed by atoms with Gasteiger partial charge in [0.1, 0.15) is 0 Å². The number of nitrogens with two attached hydrogens (primary N) is 2. The lowest BCUT2D eigenvalue weighted by Gasteiger charge is -2.05. The van der Waals surface area contributed by atoms with Crippen molar-refractivity contribution in [1.29, 1.82) is 0 Å². The third-order valence-corrected chi connectivity index (χ3v) is 1.67. The van der Waals surface area contributed by atoms with Crippen molar-refractivity contribution >= 4 is 17.3 Å². The number of hydrogen-bond donors (Lipinski definition) is 3. The van der Waals surface area contributed by atoms with Crippen molar-refractivity contribution in [1.82, 2.24) is 5.32 Å². The zero-order valence-corrected chi connectivity index (χ0v) is 7.58. The van der Waals surface area contributed by atoms with Crippen LogP contribution in [0.4, 0.5) is 11.4 Å². The fourth-order valence-corrected chi connectivity index (χ4v) is 0.997. The molecule has 0 atom stereocenters. The summed E-state index contributed by atoms with van der Waals surface area (Å²) >= 11 is 0. The largest absolute Gasteiger partial charge is 0.399 e. The normalized spacial score (nSPS) is 9.07. The van der Waals surface area contributed by atoms with Gasteiger partial charge in [0.05, 0.1) is 12.1 Å². The van der Waals surface area contributed by atoms with Gasteiger partial charge in [-0.05, 0) is 18.2 Å². The van der Waals surface area contributed by atoms with Crippen LogP contribution in [0.2, 0.25) is 0 Å². The lowest BCUT2D eigenvalue weighted by Crippen LogP contribution is -2.24. The topological polar surface area (TPSA) is 81.1 Å². The summed E-state index contributed by atoms with van der Waals surface area (Å²) in [5, 5.41) is 2.51. The van der Waals surface area contributed by atoms with Gasteiger partial charge in [-0.25, -0.2) is 0 Å².